The lowest BCUT2D eigenvalue weighted by Gasteiger charge is -2.19. The molecule has 0 radical (unpaired) electrons. The molecular formula is C19H17N5S. The van der Waals surface area contributed by atoms with E-state index in [0.717, 1.165) is 39.9 Å². The molecule has 5 nitrogen and oxygen atoms in total. The molecule has 5 heterocycles. The lowest BCUT2D eigenvalue weighted by molar-refractivity contribution is 0.478. The molecule has 0 atom stereocenters. The summed E-state index contributed by atoms with van der Waals surface area (Å²) in [5.41, 5.74) is 3.31. The highest BCUT2D eigenvalue weighted by atomic mass is 32.2. The van der Waals surface area contributed by atoms with E-state index < -0.39 is 0 Å². The maximum Gasteiger partial charge on any atom is 0.162 e. The quantitative estimate of drug-likeness (QED) is 0.550. The van der Waals surface area contributed by atoms with Crippen molar-refractivity contribution in [2.75, 3.05) is 11.5 Å². The van der Waals surface area contributed by atoms with Gasteiger partial charge in [0.2, 0.25) is 0 Å². The molecule has 124 valence electrons. The molecule has 2 aromatic heterocycles. The lowest BCUT2D eigenvalue weighted by atomic mass is 9.99. The van der Waals surface area contributed by atoms with Gasteiger partial charge in [0.15, 0.2) is 5.65 Å². The molecule has 0 amide bonds. The Bertz CT molecular complexity index is 958. The van der Waals surface area contributed by atoms with Crippen molar-refractivity contribution < 1.29 is 0 Å². The monoisotopic (exact) mass is 347 g/mol. The summed E-state index contributed by atoms with van der Waals surface area (Å²) in [6.07, 6.45) is 8.81. The van der Waals surface area contributed by atoms with Gasteiger partial charge in [-0.3, -0.25) is 4.98 Å². The third-order valence-electron chi connectivity index (χ3n) is 4.84. The van der Waals surface area contributed by atoms with Crippen LogP contribution in [0.4, 0.5) is 0 Å². The first-order valence-electron chi connectivity index (χ1n) is 8.61. The highest BCUT2D eigenvalue weighted by Gasteiger charge is 2.21. The molecule has 0 bridgehead atoms. The molecule has 1 saturated heterocycles. The Hall–Kier alpha value is -2.34. The fourth-order valence-corrected chi connectivity index (χ4v) is 4.73. The third-order valence-corrected chi connectivity index (χ3v) is 5.89. The number of pyridine rings is 2. The molecule has 0 unspecified atom stereocenters. The van der Waals surface area contributed by atoms with Crippen LogP contribution in [0, 0.1) is 5.92 Å². The van der Waals surface area contributed by atoms with E-state index in [1.165, 1.54) is 24.3 Å². The van der Waals surface area contributed by atoms with Crippen LogP contribution in [-0.4, -0.2) is 36.4 Å². The molecule has 2 aromatic rings. The predicted molar refractivity (Wildman–Crippen MR) is 101 cm³/mol. The van der Waals surface area contributed by atoms with Gasteiger partial charge in [-0.05, 0) is 48.5 Å². The second-order valence-corrected chi connectivity index (χ2v) is 7.70. The summed E-state index contributed by atoms with van der Waals surface area (Å²) in [6, 6.07) is 5.93. The molecular weight excluding hydrogens is 330 g/mol. The topological polar surface area (TPSA) is 64.5 Å². The molecule has 3 aliphatic rings. The highest BCUT2D eigenvalue weighted by molar-refractivity contribution is 7.99. The summed E-state index contributed by atoms with van der Waals surface area (Å²) in [7, 11) is 0. The maximum absolute atomic E-state index is 4.91. The van der Waals surface area contributed by atoms with Crippen LogP contribution in [0.5, 0.6) is 0 Å². The van der Waals surface area contributed by atoms with Crippen molar-refractivity contribution in [3.8, 4) is 11.4 Å². The normalized spacial score (nSPS) is 16.0. The van der Waals surface area contributed by atoms with E-state index in [9.17, 15) is 0 Å². The Morgan fingerprint density at radius 1 is 0.960 bits per heavy atom. The van der Waals surface area contributed by atoms with Crippen molar-refractivity contribution in [2.45, 2.75) is 19.3 Å². The van der Waals surface area contributed by atoms with Gasteiger partial charge < -0.3 is 0 Å². The molecule has 0 aromatic carbocycles. The van der Waals surface area contributed by atoms with Crippen molar-refractivity contribution in [1.29, 1.82) is 0 Å². The standard InChI is InChI=1S/C19H17N5S/c1-2-14-18-17(23-16(24-18)10-12-4-8-25-9-5-12)13-3-7-20-11-15(13)22-19(14)21-6-1/h1-3,6-7,11-12H,4-5,8-10H2. The van der Waals surface area contributed by atoms with Crippen molar-refractivity contribution in [3.63, 3.8) is 0 Å². The van der Waals surface area contributed by atoms with Gasteiger partial charge in [0, 0.05) is 29.6 Å². The number of imidazole rings is 1. The third kappa shape index (κ3) is 2.70. The zero-order valence-corrected chi connectivity index (χ0v) is 14.5. The van der Waals surface area contributed by atoms with Crippen LogP contribution in [-0.2, 0) is 6.42 Å². The zero-order chi connectivity index (χ0) is 16.6. The van der Waals surface area contributed by atoms with Crippen LogP contribution < -0.4 is 0 Å². The molecule has 5 rings (SSSR count). The zero-order valence-electron chi connectivity index (χ0n) is 13.7. The molecule has 6 heteroatoms. The second-order valence-electron chi connectivity index (χ2n) is 6.48. The van der Waals surface area contributed by atoms with Crippen LogP contribution in [0.25, 0.3) is 33.3 Å². The fraction of sp³-hybridized carbons (Fsp3) is 0.316. The molecule has 25 heavy (non-hydrogen) atoms. The first-order valence-corrected chi connectivity index (χ1v) is 9.77. The summed E-state index contributed by atoms with van der Waals surface area (Å²) in [6.45, 7) is 0. The average Bonchev–Trinajstić information content (AvgIpc) is 3.01. The van der Waals surface area contributed by atoms with Crippen LogP contribution in [0.3, 0.4) is 0 Å². The van der Waals surface area contributed by atoms with Crippen LogP contribution in [0.1, 0.15) is 18.7 Å². The van der Waals surface area contributed by atoms with E-state index in [4.69, 9.17) is 9.97 Å². The van der Waals surface area contributed by atoms with Crippen molar-refractivity contribution >= 4 is 33.7 Å². The highest BCUT2D eigenvalue weighted by Crippen LogP contribution is 2.33. The number of hydrogen-bond acceptors (Lipinski definition) is 6. The molecule has 0 saturated carbocycles. The van der Waals surface area contributed by atoms with Crippen LogP contribution >= 0.6 is 11.8 Å². The lowest BCUT2D eigenvalue weighted by Crippen LogP contribution is -2.12. The summed E-state index contributed by atoms with van der Waals surface area (Å²) >= 11 is 2.05. The largest absolute Gasteiger partial charge is 0.262 e. The Balaban J connectivity index is 1.73. The molecule has 0 aliphatic carbocycles. The Kier molecular flexibility index (Phi) is 3.70. The van der Waals surface area contributed by atoms with Gasteiger partial charge in [-0.2, -0.15) is 11.8 Å². The number of nitrogens with zero attached hydrogens (tertiary/aromatic N) is 5. The van der Waals surface area contributed by atoms with E-state index in [1.54, 1.807) is 18.6 Å². The van der Waals surface area contributed by atoms with Gasteiger partial charge in [0.1, 0.15) is 17.2 Å². The number of rotatable bonds is 2. The summed E-state index contributed by atoms with van der Waals surface area (Å²) in [5, 5.41) is 1.94. The molecule has 0 spiro atoms. The fourth-order valence-electron chi connectivity index (χ4n) is 3.53. The van der Waals surface area contributed by atoms with Crippen molar-refractivity contribution in [1.82, 2.24) is 24.9 Å². The van der Waals surface area contributed by atoms with Gasteiger partial charge in [0.25, 0.3) is 0 Å². The minimum absolute atomic E-state index is 0.691. The van der Waals surface area contributed by atoms with Crippen LogP contribution in [0.2, 0.25) is 0 Å². The van der Waals surface area contributed by atoms with Crippen molar-refractivity contribution in [3.05, 3.63) is 42.6 Å². The van der Waals surface area contributed by atoms with E-state index in [0.29, 0.717) is 11.6 Å². The smallest absolute Gasteiger partial charge is 0.162 e. The molecule has 1 fully saturated rings. The van der Waals surface area contributed by atoms with E-state index in [1.807, 2.05) is 18.2 Å². The van der Waals surface area contributed by atoms with Gasteiger partial charge in [-0.25, -0.2) is 19.9 Å². The Morgan fingerprint density at radius 3 is 2.68 bits per heavy atom. The minimum Gasteiger partial charge on any atom is -0.262 e. The SMILES string of the molecule is c1cnc2nc3cnccc3c3nc(CC4CCSCC4)nc-3c2c1. The predicted octanol–water partition coefficient (Wildman–Crippen LogP) is 3.76. The van der Waals surface area contributed by atoms with Gasteiger partial charge >= 0.3 is 0 Å². The summed E-state index contributed by atoms with van der Waals surface area (Å²) in [4.78, 5) is 23.1. The van der Waals surface area contributed by atoms with E-state index in [2.05, 4.69) is 26.7 Å². The summed E-state index contributed by atoms with van der Waals surface area (Å²) < 4.78 is 0. The average molecular weight is 347 g/mol. The summed E-state index contributed by atoms with van der Waals surface area (Å²) in [5.74, 6) is 4.15. The first kappa shape index (κ1) is 15.0. The van der Waals surface area contributed by atoms with E-state index >= 15 is 0 Å². The number of fused-ring (bicyclic) bond motifs is 5. The van der Waals surface area contributed by atoms with Gasteiger partial charge in [-0.1, -0.05) is 0 Å². The maximum atomic E-state index is 4.91. The van der Waals surface area contributed by atoms with Gasteiger partial charge in [0.05, 0.1) is 11.7 Å². The Labute approximate surface area is 149 Å². The number of thioether (sulfide) groups is 1. The first-order chi connectivity index (χ1) is 12.4. The second kappa shape index (κ2) is 6.19. The minimum atomic E-state index is 0.691. The van der Waals surface area contributed by atoms with E-state index in [-0.39, 0.29) is 0 Å². The van der Waals surface area contributed by atoms with Crippen molar-refractivity contribution in [2.24, 2.45) is 5.92 Å². The number of hydrogen-bond donors (Lipinski definition) is 0. The molecule has 3 aliphatic heterocycles. The molecule has 0 N–H and O–H groups in total. The number of aromatic nitrogens is 5. The van der Waals surface area contributed by atoms with Crippen LogP contribution in [0.15, 0.2) is 36.8 Å². The van der Waals surface area contributed by atoms with Gasteiger partial charge in [-0.15, -0.1) is 0 Å². The Morgan fingerprint density at radius 2 is 1.80 bits per heavy atom.